The van der Waals surface area contributed by atoms with Crippen LogP contribution in [0.5, 0.6) is 5.75 Å². The fraction of sp³-hybridized carbons (Fsp3) is 0.462. The highest BCUT2D eigenvalue weighted by atomic mass is 35.5. The van der Waals surface area contributed by atoms with Gasteiger partial charge in [0.25, 0.3) is 5.24 Å². The Morgan fingerprint density at radius 3 is 2.38 bits per heavy atom. The Hall–Kier alpha value is -1.02. The van der Waals surface area contributed by atoms with Crippen molar-refractivity contribution in [3.05, 3.63) is 29.8 Å². The molecule has 0 heterocycles. The fourth-order valence-corrected chi connectivity index (χ4v) is 1.40. The van der Waals surface area contributed by atoms with Gasteiger partial charge in [0.15, 0.2) is 5.60 Å². The van der Waals surface area contributed by atoms with Gasteiger partial charge in [-0.15, -0.1) is 0 Å². The molecule has 0 unspecified atom stereocenters. The first kappa shape index (κ1) is 13.0. The van der Waals surface area contributed by atoms with Crippen LogP contribution in [0.1, 0.15) is 39.2 Å². The number of rotatable bonds is 4. The van der Waals surface area contributed by atoms with Gasteiger partial charge in [-0.05, 0) is 43.0 Å². The van der Waals surface area contributed by atoms with Crippen molar-refractivity contribution in [2.45, 2.75) is 39.2 Å². The van der Waals surface area contributed by atoms with Crippen LogP contribution in [-0.4, -0.2) is 10.8 Å². The van der Waals surface area contributed by atoms with Gasteiger partial charge in [0.1, 0.15) is 5.75 Å². The number of hydrogen-bond donors (Lipinski definition) is 0. The van der Waals surface area contributed by atoms with E-state index in [9.17, 15) is 4.79 Å². The third-order valence-electron chi connectivity index (χ3n) is 2.38. The molecule has 0 aromatic heterocycles. The summed E-state index contributed by atoms with van der Waals surface area (Å²) in [6.07, 6.45) is 0. The van der Waals surface area contributed by atoms with Gasteiger partial charge in [-0.1, -0.05) is 32.0 Å². The summed E-state index contributed by atoms with van der Waals surface area (Å²) in [5.74, 6) is 1.06. The van der Waals surface area contributed by atoms with E-state index in [1.165, 1.54) is 0 Å². The van der Waals surface area contributed by atoms with E-state index < -0.39 is 10.8 Å². The van der Waals surface area contributed by atoms with Crippen molar-refractivity contribution in [3.8, 4) is 5.75 Å². The first-order valence-electron chi connectivity index (χ1n) is 5.32. The second-order valence-corrected chi connectivity index (χ2v) is 4.92. The van der Waals surface area contributed by atoms with Crippen LogP contribution in [-0.2, 0) is 4.79 Å². The average Bonchev–Trinajstić information content (AvgIpc) is 2.17. The van der Waals surface area contributed by atoms with Gasteiger partial charge in [-0.25, -0.2) is 0 Å². The van der Waals surface area contributed by atoms with E-state index >= 15 is 0 Å². The minimum atomic E-state index is -0.994. The van der Waals surface area contributed by atoms with Gasteiger partial charge in [-0.3, -0.25) is 4.79 Å². The number of ether oxygens (including phenoxy) is 1. The van der Waals surface area contributed by atoms with Crippen LogP contribution < -0.4 is 4.74 Å². The molecule has 0 fully saturated rings. The minimum Gasteiger partial charge on any atom is -0.478 e. The van der Waals surface area contributed by atoms with Crippen LogP contribution >= 0.6 is 11.6 Å². The Morgan fingerprint density at radius 2 is 1.88 bits per heavy atom. The van der Waals surface area contributed by atoms with Gasteiger partial charge in [0.05, 0.1) is 0 Å². The molecule has 0 aliphatic heterocycles. The summed E-state index contributed by atoms with van der Waals surface area (Å²) in [4.78, 5) is 11.2. The predicted octanol–water partition coefficient (Wildman–Crippen LogP) is 3.73. The number of benzene rings is 1. The summed E-state index contributed by atoms with van der Waals surface area (Å²) in [5, 5.41) is -0.494. The Bertz CT molecular complexity index is 383. The lowest BCUT2D eigenvalue weighted by atomic mass is 10.0. The quantitative estimate of drug-likeness (QED) is 0.750. The predicted molar refractivity (Wildman–Crippen MR) is 66.1 cm³/mol. The summed E-state index contributed by atoms with van der Waals surface area (Å²) < 4.78 is 5.67. The SMILES string of the molecule is CC(C)c1ccccc1OC(C)(C)C(=O)Cl. The highest BCUT2D eigenvalue weighted by Crippen LogP contribution is 2.29. The second kappa shape index (κ2) is 4.88. The van der Waals surface area contributed by atoms with Gasteiger partial charge < -0.3 is 4.74 Å². The molecule has 0 radical (unpaired) electrons. The molecule has 88 valence electrons. The third kappa shape index (κ3) is 2.99. The summed E-state index contributed by atoms with van der Waals surface area (Å²) in [5.41, 5.74) is 0.0838. The number of para-hydroxylation sites is 1. The molecule has 1 rings (SSSR count). The first-order valence-corrected chi connectivity index (χ1v) is 5.70. The van der Waals surface area contributed by atoms with E-state index in [4.69, 9.17) is 16.3 Å². The van der Waals surface area contributed by atoms with Crippen LogP contribution in [0.3, 0.4) is 0 Å². The first-order chi connectivity index (χ1) is 7.34. The van der Waals surface area contributed by atoms with Gasteiger partial charge >= 0.3 is 0 Å². The lowest BCUT2D eigenvalue weighted by molar-refractivity contribution is -0.123. The normalized spacial score (nSPS) is 11.6. The highest BCUT2D eigenvalue weighted by molar-refractivity contribution is 6.65. The maximum Gasteiger partial charge on any atom is 0.264 e. The molecule has 0 aliphatic rings. The second-order valence-electron chi connectivity index (χ2n) is 4.58. The Morgan fingerprint density at radius 1 is 1.31 bits per heavy atom. The number of halogens is 1. The monoisotopic (exact) mass is 240 g/mol. The summed E-state index contributed by atoms with van der Waals surface area (Å²) >= 11 is 5.49. The topological polar surface area (TPSA) is 26.3 Å². The van der Waals surface area contributed by atoms with Gasteiger partial charge in [0.2, 0.25) is 0 Å². The van der Waals surface area contributed by atoms with Crippen molar-refractivity contribution in [1.82, 2.24) is 0 Å². The number of carbonyl (C=O) groups excluding carboxylic acids is 1. The average molecular weight is 241 g/mol. The molecule has 3 heteroatoms. The van der Waals surface area contributed by atoms with Crippen LogP contribution in [0, 0.1) is 0 Å². The van der Waals surface area contributed by atoms with Crippen LogP contribution in [0.15, 0.2) is 24.3 Å². The largest absolute Gasteiger partial charge is 0.478 e. The lowest BCUT2D eigenvalue weighted by Gasteiger charge is -2.24. The van der Waals surface area contributed by atoms with E-state index in [2.05, 4.69) is 13.8 Å². The van der Waals surface area contributed by atoms with E-state index in [0.29, 0.717) is 5.92 Å². The summed E-state index contributed by atoms with van der Waals surface area (Å²) in [6, 6.07) is 7.69. The molecule has 0 amide bonds. The van der Waals surface area contributed by atoms with Gasteiger partial charge in [0, 0.05) is 0 Å². The zero-order valence-corrected chi connectivity index (χ0v) is 10.8. The molecule has 0 bridgehead atoms. The molecule has 1 aromatic carbocycles. The van der Waals surface area contributed by atoms with Crippen molar-refractivity contribution < 1.29 is 9.53 Å². The molecule has 0 aliphatic carbocycles. The molecule has 0 N–H and O–H groups in total. The van der Waals surface area contributed by atoms with Crippen molar-refractivity contribution in [2.75, 3.05) is 0 Å². The summed E-state index contributed by atoms with van der Waals surface area (Å²) in [6.45, 7) is 7.49. The Labute approximate surface area is 102 Å². The zero-order chi connectivity index (χ0) is 12.3. The molecular weight excluding hydrogens is 224 g/mol. The third-order valence-corrected chi connectivity index (χ3v) is 2.83. The van der Waals surface area contributed by atoms with E-state index in [0.717, 1.165) is 11.3 Å². The van der Waals surface area contributed by atoms with Crippen molar-refractivity contribution in [1.29, 1.82) is 0 Å². The molecule has 16 heavy (non-hydrogen) atoms. The fourth-order valence-electron chi connectivity index (χ4n) is 1.37. The van der Waals surface area contributed by atoms with E-state index in [1.54, 1.807) is 13.8 Å². The highest BCUT2D eigenvalue weighted by Gasteiger charge is 2.29. The molecule has 0 saturated carbocycles. The van der Waals surface area contributed by atoms with Crippen molar-refractivity contribution in [2.24, 2.45) is 0 Å². The maximum absolute atomic E-state index is 11.2. The van der Waals surface area contributed by atoms with Gasteiger partial charge in [-0.2, -0.15) is 0 Å². The number of hydrogen-bond acceptors (Lipinski definition) is 2. The van der Waals surface area contributed by atoms with E-state index in [-0.39, 0.29) is 0 Å². The standard InChI is InChI=1S/C13H17ClO2/c1-9(2)10-7-5-6-8-11(10)16-13(3,4)12(14)15/h5-9H,1-4H3. The molecule has 1 aromatic rings. The Kier molecular flexibility index (Phi) is 3.98. The van der Waals surface area contributed by atoms with Crippen molar-refractivity contribution in [3.63, 3.8) is 0 Å². The lowest BCUT2D eigenvalue weighted by Crippen LogP contribution is -2.35. The van der Waals surface area contributed by atoms with Crippen LogP contribution in [0.4, 0.5) is 0 Å². The van der Waals surface area contributed by atoms with E-state index in [1.807, 2.05) is 24.3 Å². The number of carbonyl (C=O) groups is 1. The van der Waals surface area contributed by atoms with Crippen molar-refractivity contribution >= 4 is 16.8 Å². The van der Waals surface area contributed by atoms with Crippen LogP contribution in [0.25, 0.3) is 0 Å². The molecule has 2 nitrogen and oxygen atoms in total. The molecule has 0 saturated heterocycles. The molecular formula is C13H17ClO2. The van der Waals surface area contributed by atoms with Crippen LogP contribution in [0.2, 0.25) is 0 Å². The minimum absolute atomic E-state index is 0.345. The smallest absolute Gasteiger partial charge is 0.264 e. The maximum atomic E-state index is 11.2. The Balaban J connectivity index is 3.01. The molecule has 0 atom stereocenters. The zero-order valence-electron chi connectivity index (χ0n) is 10.1. The summed E-state index contributed by atoms with van der Waals surface area (Å²) in [7, 11) is 0. The molecule has 0 spiro atoms.